The second-order valence-electron chi connectivity index (χ2n) is 5.33. The minimum atomic E-state index is -0.0116. The number of hydrogen-bond donors (Lipinski definition) is 1. The first-order chi connectivity index (χ1) is 6.05. The van der Waals surface area contributed by atoms with Gasteiger partial charge in [-0.1, -0.05) is 0 Å². The SMILES string of the molecule is CC(C)[N+]1(C)[C@@H]2CC[C@H]1CC(O)C2.[Br-]. The fourth-order valence-corrected chi connectivity index (χ4v) is 3.50. The van der Waals surface area contributed by atoms with E-state index in [-0.39, 0.29) is 23.1 Å². The molecule has 1 N–H and O–H groups in total. The molecule has 2 bridgehead atoms. The van der Waals surface area contributed by atoms with Crippen molar-refractivity contribution in [3.8, 4) is 0 Å². The van der Waals surface area contributed by atoms with Crippen LogP contribution in [0.15, 0.2) is 0 Å². The highest BCUT2D eigenvalue weighted by molar-refractivity contribution is 4.86. The van der Waals surface area contributed by atoms with Crippen LogP contribution in [0.5, 0.6) is 0 Å². The minimum absolute atomic E-state index is 0. The van der Waals surface area contributed by atoms with Crippen LogP contribution in [0.25, 0.3) is 0 Å². The van der Waals surface area contributed by atoms with Gasteiger partial charge in [0.15, 0.2) is 0 Å². The van der Waals surface area contributed by atoms with Crippen LogP contribution >= 0.6 is 0 Å². The number of piperidine rings is 1. The van der Waals surface area contributed by atoms with Crippen LogP contribution in [0.1, 0.15) is 39.5 Å². The largest absolute Gasteiger partial charge is 1.00 e. The van der Waals surface area contributed by atoms with Crippen LogP contribution in [-0.2, 0) is 0 Å². The van der Waals surface area contributed by atoms with E-state index < -0.39 is 0 Å². The molecule has 2 unspecified atom stereocenters. The third-order valence-corrected chi connectivity index (χ3v) is 4.61. The summed E-state index contributed by atoms with van der Waals surface area (Å²) >= 11 is 0. The summed E-state index contributed by atoms with van der Waals surface area (Å²) in [7, 11) is 2.39. The summed E-state index contributed by atoms with van der Waals surface area (Å²) in [6.45, 7) is 4.64. The van der Waals surface area contributed by atoms with E-state index in [0.717, 1.165) is 24.9 Å². The molecule has 0 aliphatic carbocycles. The van der Waals surface area contributed by atoms with Crippen LogP contribution in [0.3, 0.4) is 0 Å². The van der Waals surface area contributed by atoms with E-state index in [2.05, 4.69) is 20.9 Å². The Kier molecular flexibility index (Phi) is 3.66. The van der Waals surface area contributed by atoms with Crippen LogP contribution < -0.4 is 17.0 Å². The van der Waals surface area contributed by atoms with Crippen molar-refractivity contribution in [3.05, 3.63) is 0 Å². The second-order valence-corrected chi connectivity index (χ2v) is 5.33. The molecule has 2 heterocycles. The maximum absolute atomic E-state index is 9.69. The van der Waals surface area contributed by atoms with E-state index in [1.165, 1.54) is 17.3 Å². The zero-order valence-corrected chi connectivity index (χ0v) is 11.0. The summed E-state index contributed by atoms with van der Waals surface area (Å²) < 4.78 is 1.22. The van der Waals surface area contributed by atoms with Crippen LogP contribution in [0.4, 0.5) is 0 Å². The van der Waals surface area contributed by atoms with Gasteiger partial charge in [-0.3, -0.25) is 0 Å². The fourth-order valence-electron chi connectivity index (χ4n) is 3.50. The topological polar surface area (TPSA) is 20.2 Å². The Hall–Kier alpha value is 0.400. The summed E-state index contributed by atoms with van der Waals surface area (Å²) in [6, 6.07) is 2.17. The molecular formula is C11H22BrNO. The lowest BCUT2D eigenvalue weighted by Gasteiger charge is -2.49. The van der Waals surface area contributed by atoms with E-state index in [1.54, 1.807) is 0 Å². The Morgan fingerprint density at radius 2 is 1.57 bits per heavy atom. The van der Waals surface area contributed by atoms with Gasteiger partial charge in [-0.25, -0.2) is 0 Å². The molecule has 2 aliphatic rings. The maximum atomic E-state index is 9.69. The minimum Gasteiger partial charge on any atom is -1.00 e. The smallest absolute Gasteiger partial charge is 0.0919 e. The number of quaternary nitrogens is 1. The van der Waals surface area contributed by atoms with E-state index >= 15 is 0 Å². The monoisotopic (exact) mass is 263 g/mol. The molecule has 0 aromatic carbocycles. The molecule has 14 heavy (non-hydrogen) atoms. The predicted octanol–water partition coefficient (Wildman–Crippen LogP) is -1.47. The standard InChI is InChI=1S/C11H22NO.BrH/c1-8(2)12(3)9-4-5-10(12)7-11(13)6-9;/h8-11,13H,4-7H2,1-3H3;1H/q+1;/p-1/t9-,10+,11?,12?;. The summed E-state index contributed by atoms with van der Waals surface area (Å²) in [6.07, 6.45) is 4.71. The Morgan fingerprint density at radius 3 is 1.93 bits per heavy atom. The molecule has 0 aromatic heterocycles. The van der Waals surface area contributed by atoms with Gasteiger partial charge in [0.05, 0.1) is 31.3 Å². The third kappa shape index (κ3) is 1.63. The Morgan fingerprint density at radius 1 is 1.14 bits per heavy atom. The molecule has 0 amide bonds. The highest BCUT2D eigenvalue weighted by Crippen LogP contribution is 2.42. The Bertz CT molecular complexity index is 193. The maximum Gasteiger partial charge on any atom is 0.0919 e. The van der Waals surface area contributed by atoms with E-state index in [1.807, 2.05) is 0 Å². The molecule has 0 spiro atoms. The zero-order valence-electron chi connectivity index (χ0n) is 9.41. The van der Waals surface area contributed by atoms with Gasteiger partial charge in [0.25, 0.3) is 0 Å². The Labute approximate surface area is 97.7 Å². The first kappa shape index (κ1) is 12.5. The second kappa shape index (κ2) is 4.11. The molecule has 3 heteroatoms. The number of aliphatic hydroxyl groups is 1. The number of hydrogen-bond acceptors (Lipinski definition) is 1. The molecule has 2 rings (SSSR count). The van der Waals surface area contributed by atoms with Gasteiger partial charge in [0.2, 0.25) is 0 Å². The van der Waals surface area contributed by atoms with Crippen molar-refractivity contribution >= 4 is 0 Å². The van der Waals surface area contributed by atoms with Gasteiger partial charge in [0, 0.05) is 25.7 Å². The van der Waals surface area contributed by atoms with E-state index in [4.69, 9.17) is 0 Å². The number of halogens is 1. The molecule has 0 aromatic rings. The quantitative estimate of drug-likeness (QED) is 0.573. The molecule has 84 valence electrons. The number of nitrogens with zero attached hydrogens (tertiary/aromatic N) is 1. The van der Waals surface area contributed by atoms with Gasteiger partial charge in [-0.15, -0.1) is 0 Å². The average molecular weight is 264 g/mol. The van der Waals surface area contributed by atoms with Crippen molar-refractivity contribution in [1.82, 2.24) is 0 Å². The number of rotatable bonds is 1. The van der Waals surface area contributed by atoms with Gasteiger partial charge < -0.3 is 26.6 Å². The Balaban J connectivity index is 0.000000980. The van der Waals surface area contributed by atoms with Crippen LogP contribution in [-0.4, -0.2) is 40.9 Å². The zero-order chi connectivity index (χ0) is 9.64. The third-order valence-electron chi connectivity index (χ3n) is 4.61. The lowest BCUT2D eigenvalue weighted by Crippen LogP contribution is -3.00. The van der Waals surface area contributed by atoms with Crippen LogP contribution in [0, 0.1) is 0 Å². The molecule has 4 atom stereocenters. The van der Waals surface area contributed by atoms with Crippen molar-refractivity contribution in [2.24, 2.45) is 0 Å². The predicted molar refractivity (Wildman–Crippen MR) is 53.4 cm³/mol. The molecular weight excluding hydrogens is 242 g/mol. The van der Waals surface area contributed by atoms with Crippen LogP contribution in [0.2, 0.25) is 0 Å². The molecule has 0 radical (unpaired) electrons. The van der Waals surface area contributed by atoms with Gasteiger partial charge >= 0.3 is 0 Å². The summed E-state index contributed by atoms with van der Waals surface area (Å²) in [4.78, 5) is 0. The lowest BCUT2D eigenvalue weighted by atomic mass is 9.95. The molecule has 0 saturated carbocycles. The molecule has 2 fully saturated rings. The highest BCUT2D eigenvalue weighted by atomic mass is 79.9. The number of fused-ring (bicyclic) bond motifs is 2. The van der Waals surface area contributed by atoms with Gasteiger partial charge in [-0.2, -0.15) is 0 Å². The molecule has 2 saturated heterocycles. The first-order valence-corrected chi connectivity index (χ1v) is 5.58. The summed E-state index contributed by atoms with van der Waals surface area (Å²) in [5, 5.41) is 9.69. The normalized spacial score (nSPS) is 46.5. The van der Waals surface area contributed by atoms with Gasteiger partial charge in [-0.05, 0) is 13.8 Å². The lowest BCUT2D eigenvalue weighted by molar-refractivity contribution is -0.968. The number of aliphatic hydroxyl groups excluding tert-OH is 1. The van der Waals surface area contributed by atoms with Crippen molar-refractivity contribution < 1.29 is 26.6 Å². The van der Waals surface area contributed by atoms with Crippen molar-refractivity contribution in [2.75, 3.05) is 7.05 Å². The van der Waals surface area contributed by atoms with Crippen molar-refractivity contribution in [1.29, 1.82) is 0 Å². The van der Waals surface area contributed by atoms with E-state index in [9.17, 15) is 5.11 Å². The average Bonchev–Trinajstić information content (AvgIpc) is 2.29. The van der Waals surface area contributed by atoms with Gasteiger partial charge in [0.1, 0.15) is 0 Å². The highest BCUT2D eigenvalue weighted by Gasteiger charge is 2.52. The van der Waals surface area contributed by atoms with E-state index in [0.29, 0.717) is 6.04 Å². The fraction of sp³-hybridized carbons (Fsp3) is 1.00. The van der Waals surface area contributed by atoms with Crippen molar-refractivity contribution in [2.45, 2.75) is 63.8 Å². The molecule has 2 nitrogen and oxygen atoms in total. The van der Waals surface area contributed by atoms with Crippen molar-refractivity contribution in [3.63, 3.8) is 0 Å². The first-order valence-electron chi connectivity index (χ1n) is 5.58. The summed E-state index contributed by atoms with van der Waals surface area (Å²) in [5.41, 5.74) is 0. The summed E-state index contributed by atoms with van der Waals surface area (Å²) in [5.74, 6) is 0. The molecule has 2 aliphatic heterocycles.